The molecule has 0 radical (unpaired) electrons. The molecule has 0 saturated heterocycles. The molecule has 0 fully saturated rings. The Kier molecular flexibility index (Phi) is 5.93. The van der Waals surface area contributed by atoms with Crippen LogP contribution in [0.3, 0.4) is 0 Å². The molecule has 1 aromatic heterocycles. The van der Waals surface area contributed by atoms with Crippen LogP contribution in [0.4, 0.5) is 0 Å². The molecule has 0 spiro atoms. The van der Waals surface area contributed by atoms with Gasteiger partial charge in [0.25, 0.3) is 11.5 Å². The number of carbonyl (C=O) groups is 1. The quantitative estimate of drug-likeness (QED) is 0.580. The van der Waals surface area contributed by atoms with Crippen LogP contribution in [0.1, 0.15) is 22.0 Å². The van der Waals surface area contributed by atoms with E-state index in [1.165, 1.54) is 18.2 Å². The Hall–Kier alpha value is -2.94. The van der Waals surface area contributed by atoms with Crippen LogP contribution in [0.2, 0.25) is 10.0 Å². The zero-order valence-electron chi connectivity index (χ0n) is 14.2. The van der Waals surface area contributed by atoms with Gasteiger partial charge in [-0.2, -0.15) is 9.78 Å². The van der Waals surface area contributed by atoms with Crippen LogP contribution in [0.5, 0.6) is 0 Å². The van der Waals surface area contributed by atoms with E-state index in [2.05, 4.69) is 15.4 Å². The van der Waals surface area contributed by atoms with Gasteiger partial charge in [-0.15, -0.1) is 0 Å². The summed E-state index contributed by atoms with van der Waals surface area (Å²) < 4.78 is 0.926. The van der Waals surface area contributed by atoms with Gasteiger partial charge in [0, 0.05) is 11.6 Å². The lowest BCUT2D eigenvalue weighted by Gasteiger charge is -2.14. The first-order chi connectivity index (χ1) is 13.3. The maximum Gasteiger partial charge on any atom is 0.349 e. The summed E-state index contributed by atoms with van der Waals surface area (Å²) in [6.07, 6.45) is -0.0232. The van der Waals surface area contributed by atoms with Crippen molar-refractivity contribution in [1.82, 2.24) is 20.1 Å². The summed E-state index contributed by atoms with van der Waals surface area (Å²) in [5.41, 5.74) is -0.513. The van der Waals surface area contributed by atoms with Crippen molar-refractivity contribution in [3.8, 4) is 5.69 Å². The first kappa shape index (κ1) is 19.8. The molecule has 10 heteroatoms. The number of nitrogens with one attached hydrogen (secondary N) is 2. The summed E-state index contributed by atoms with van der Waals surface area (Å²) in [5, 5.41) is 17.1. The second-order valence-electron chi connectivity index (χ2n) is 5.80. The molecule has 3 aromatic rings. The molecule has 0 aliphatic carbocycles. The van der Waals surface area contributed by atoms with E-state index in [9.17, 15) is 19.5 Å². The summed E-state index contributed by atoms with van der Waals surface area (Å²) in [6.45, 7) is -0.0728. The van der Waals surface area contributed by atoms with Crippen LogP contribution in [-0.2, 0) is 0 Å². The molecule has 28 heavy (non-hydrogen) atoms. The van der Waals surface area contributed by atoms with Crippen LogP contribution in [0, 0.1) is 0 Å². The van der Waals surface area contributed by atoms with Crippen LogP contribution >= 0.6 is 23.2 Å². The zero-order chi connectivity index (χ0) is 20.3. The minimum Gasteiger partial charge on any atom is -0.387 e. The molecule has 8 nitrogen and oxygen atoms in total. The number of hydrogen-bond donors (Lipinski definition) is 3. The van der Waals surface area contributed by atoms with Crippen LogP contribution in [0.15, 0.2) is 58.3 Å². The van der Waals surface area contributed by atoms with Gasteiger partial charge in [0.1, 0.15) is 6.20 Å². The van der Waals surface area contributed by atoms with Crippen molar-refractivity contribution in [2.75, 3.05) is 6.54 Å². The second-order valence-corrected chi connectivity index (χ2v) is 6.64. The summed E-state index contributed by atoms with van der Waals surface area (Å²) in [5.74, 6) is -0.551. The Bertz CT molecular complexity index is 1140. The van der Waals surface area contributed by atoms with E-state index in [1.807, 2.05) is 0 Å². The smallest absolute Gasteiger partial charge is 0.349 e. The molecule has 1 amide bonds. The van der Waals surface area contributed by atoms with Gasteiger partial charge < -0.3 is 10.4 Å². The Morgan fingerprint density at radius 3 is 2.71 bits per heavy atom. The molecule has 1 unspecified atom stereocenters. The molecule has 2 aromatic carbocycles. The predicted molar refractivity (Wildman–Crippen MR) is 104 cm³/mol. The van der Waals surface area contributed by atoms with E-state index in [0.717, 1.165) is 10.9 Å². The first-order valence-corrected chi connectivity index (χ1v) is 8.81. The predicted octanol–water partition coefficient (Wildman–Crippen LogP) is 1.69. The fraction of sp³-hybridized carbons (Fsp3) is 0.111. The van der Waals surface area contributed by atoms with Crippen molar-refractivity contribution in [3.05, 3.63) is 90.7 Å². The number of H-pyrrole nitrogens is 1. The number of halogens is 2. The summed E-state index contributed by atoms with van der Waals surface area (Å²) in [4.78, 5) is 37.6. The van der Waals surface area contributed by atoms with Gasteiger partial charge in [0.2, 0.25) is 0 Å². The lowest BCUT2D eigenvalue weighted by atomic mass is 10.1. The van der Waals surface area contributed by atoms with Crippen LogP contribution in [0.25, 0.3) is 5.69 Å². The van der Waals surface area contributed by atoms with Gasteiger partial charge in [0.15, 0.2) is 0 Å². The third-order valence-corrected chi connectivity index (χ3v) is 4.41. The van der Waals surface area contributed by atoms with Crippen molar-refractivity contribution in [1.29, 1.82) is 0 Å². The third-order valence-electron chi connectivity index (χ3n) is 3.84. The van der Waals surface area contributed by atoms with Gasteiger partial charge in [0.05, 0.1) is 22.4 Å². The maximum atomic E-state index is 12.5. The average Bonchev–Trinajstić information content (AvgIpc) is 2.66. The fourth-order valence-corrected chi connectivity index (χ4v) is 2.87. The minimum atomic E-state index is -0.965. The molecule has 1 heterocycles. The molecule has 0 saturated carbocycles. The lowest BCUT2D eigenvalue weighted by Crippen LogP contribution is -2.31. The molecular formula is C18H14Cl2N4O4. The SMILES string of the molecule is O=C(NCC(O)c1cccc(Cl)c1)c1cc(-n2ncc(=O)[nH]c2=O)ccc1Cl. The van der Waals surface area contributed by atoms with E-state index in [1.54, 1.807) is 24.3 Å². The fourth-order valence-electron chi connectivity index (χ4n) is 2.47. The van der Waals surface area contributed by atoms with E-state index >= 15 is 0 Å². The highest BCUT2D eigenvalue weighted by Gasteiger charge is 2.15. The molecule has 0 aliphatic heterocycles. The summed E-state index contributed by atoms with van der Waals surface area (Å²) >= 11 is 12.0. The number of aromatic nitrogens is 3. The highest BCUT2D eigenvalue weighted by Crippen LogP contribution is 2.20. The van der Waals surface area contributed by atoms with Crippen molar-refractivity contribution < 1.29 is 9.90 Å². The summed E-state index contributed by atoms with van der Waals surface area (Å²) in [7, 11) is 0. The summed E-state index contributed by atoms with van der Waals surface area (Å²) in [6, 6.07) is 10.9. The minimum absolute atomic E-state index is 0.0728. The average molecular weight is 421 g/mol. The highest BCUT2D eigenvalue weighted by atomic mass is 35.5. The van der Waals surface area contributed by atoms with Crippen molar-refractivity contribution >= 4 is 29.1 Å². The number of carbonyl (C=O) groups excluding carboxylic acids is 1. The number of amides is 1. The Morgan fingerprint density at radius 2 is 2.00 bits per heavy atom. The Balaban J connectivity index is 1.80. The third kappa shape index (κ3) is 4.48. The van der Waals surface area contributed by atoms with Crippen molar-refractivity contribution in [3.63, 3.8) is 0 Å². The van der Waals surface area contributed by atoms with Gasteiger partial charge in [-0.1, -0.05) is 35.3 Å². The Morgan fingerprint density at radius 1 is 1.21 bits per heavy atom. The number of nitrogens with zero attached hydrogens (tertiary/aromatic N) is 2. The van der Waals surface area contributed by atoms with Gasteiger partial charge in [-0.3, -0.25) is 14.6 Å². The number of rotatable bonds is 5. The molecule has 1 atom stereocenters. The van der Waals surface area contributed by atoms with Crippen molar-refractivity contribution in [2.24, 2.45) is 0 Å². The zero-order valence-corrected chi connectivity index (χ0v) is 15.7. The van der Waals surface area contributed by atoms with Crippen LogP contribution < -0.4 is 16.6 Å². The number of aliphatic hydroxyl groups is 1. The van der Waals surface area contributed by atoms with Crippen molar-refractivity contribution in [2.45, 2.75) is 6.10 Å². The normalized spacial score (nSPS) is 11.8. The molecule has 144 valence electrons. The van der Waals surface area contributed by atoms with Gasteiger partial charge >= 0.3 is 5.69 Å². The number of aromatic amines is 1. The molecule has 0 aliphatic rings. The number of aliphatic hydroxyl groups excluding tert-OH is 1. The van der Waals surface area contributed by atoms with Gasteiger partial charge in [-0.05, 0) is 35.9 Å². The standard InChI is InChI=1S/C18H14Cl2N4O4/c19-11-3-1-2-10(6-11)15(25)8-21-17(27)13-7-12(4-5-14(13)20)24-18(28)23-16(26)9-22-24/h1-7,9,15,25H,8H2,(H,21,27)(H,23,26,28). The van der Waals surface area contributed by atoms with E-state index in [0.29, 0.717) is 10.6 Å². The lowest BCUT2D eigenvalue weighted by molar-refractivity contribution is 0.0916. The molecule has 3 rings (SSSR count). The topological polar surface area (TPSA) is 117 Å². The van der Waals surface area contributed by atoms with E-state index in [4.69, 9.17) is 23.2 Å². The number of benzene rings is 2. The second kappa shape index (κ2) is 8.39. The van der Waals surface area contributed by atoms with E-state index < -0.39 is 23.3 Å². The maximum absolute atomic E-state index is 12.5. The Labute approximate surface area is 168 Å². The molecule has 3 N–H and O–H groups in total. The highest BCUT2D eigenvalue weighted by molar-refractivity contribution is 6.34. The molecule has 0 bridgehead atoms. The first-order valence-electron chi connectivity index (χ1n) is 8.05. The largest absolute Gasteiger partial charge is 0.387 e. The molecular weight excluding hydrogens is 407 g/mol. The van der Waals surface area contributed by atoms with Gasteiger partial charge in [-0.25, -0.2) is 4.79 Å². The monoisotopic (exact) mass is 420 g/mol. The van der Waals surface area contributed by atoms with Crippen LogP contribution in [-0.4, -0.2) is 32.3 Å². The number of hydrogen-bond acceptors (Lipinski definition) is 5. The van der Waals surface area contributed by atoms with E-state index in [-0.39, 0.29) is 22.8 Å².